The number of hydrogen-bond donors (Lipinski definition) is 1. The van der Waals surface area contributed by atoms with Gasteiger partial charge in [0, 0.05) is 24.2 Å². The van der Waals surface area contributed by atoms with Crippen molar-refractivity contribution in [3.05, 3.63) is 118 Å². The molecule has 4 aromatic carbocycles. The van der Waals surface area contributed by atoms with Crippen LogP contribution in [0.1, 0.15) is 46.7 Å². The average molecular weight is 596 g/mol. The quantitative estimate of drug-likeness (QED) is 0.163. The summed E-state index contributed by atoms with van der Waals surface area (Å²) in [5.74, 6) is 1.48. The molecule has 0 unspecified atom stereocenters. The molecule has 1 N–H and O–H groups in total. The summed E-state index contributed by atoms with van der Waals surface area (Å²) in [5.41, 5.74) is 6.52. The second kappa shape index (κ2) is 14.8. The maximum atomic E-state index is 11.7. The van der Waals surface area contributed by atoms with Crippen LogP contribution in [-0.4, -0.2) is 35.7 Å². The van der Waals surface area contributed by atoms with Crippen LogP contribution in [0, 0.1) is 19.8 Å². The zero-order chi connectivity index (χ0) is 30.9. The lowest BCUT2D eigenvalue weighted by molar-refractivity contribution is -0.141. The van der Waals surface area contributed by atoms with Gasteiger partial charge in [0.15, 0.2) is 11.5 Å². The largest absolute Gasteiger partial charge is 0.489 e. The predicted octanol–water partition coefficient (Wildman–Crippen LogP) is 7.35. The van der Waals surface area contributed by atoms with Crippen LogP contribution in [0.4, 0.5) is 0 Å². The summed E-state index contributed by atoms with van der Waals surface area (Å²) in [4.78, 5) is 13.9. The van der Waals surface area contributed by atoms with Crippen LogP contribution >= 0.6 is 0 Å². The van der Waals surface area contributed by atoms with E-state index in [1.807, 2.05) is 48.5 Å². The molecule has 0 aliphatic carbocycles. The van der Waals surface area contributed by atoms with E-state index in [1.54, 1.807) is 6.92 Å². The van der Waals surface area contributed by atoms with Gasteiger partial charge in [-0.25, -0.2) is 0 Å². The van der Waals surface area contributed by atoms with Gasteiger partial charge >= 0.3 is 5.97 Å². The van der Waals surface area contributed by atoms with Gasteiger partial charge in [0.1, 0.15) is 32.2 Å². The number of rotatable bonds is 14. The monoisotopic (exact) mass is 595 g/mol. The molecule has 44 heavy (non-hydrogen) atoms. The van der Waals surface area contributed by atoms with E-state index in [9.17, 15) is 9.90 Å². The highest BCUT2D eigenvalue weighted by atomic mass is 16.6. The minimum atomic E-state index is -0.798. The fourth-order valence-corrected chi connectivity index (χ4v) is 5.31. The first kappa shape index (κ1) is 31.0. The lowest BCUT2D eigenvalue weighted by Crippen LogP contribution is -2.27. The lowest BCUT2D eigenvalue weighted by Gasteiger charge is -2.28. The molecule has 0 fully saturated rings. The van der Waals surface area contributed by atoms with Crippen LogP contribution in [-0.2, 0) is 31.1 Å². The number of carboxylic acid groups (broad SMARTS) is 1. The molecule has 0 amide bonds. The SMILES string of the molecule is Cc1cccc(COc2ccccc2CN(CC[C@H](C)C(=O)O)Cc2ccc3c(c2OCc2cccc(C)c2)OCCO3)c1. The van der Waals surface area contributed by atoms with E-state index >= 15 is 0 Å². The van der Waals surface area contributed by atoms with Gasteiger partial charge in [-0.15, -0.1) is 0 Å². The number of benzene rings is 4. The van der Waals surface area contributed by atoms with E-state index in [-0.39, 0.29) is 0 Å². The van der Waals surface area contributed by atoms with Crippen molar-refractivity contribution in [2.45, 2.75) is 53.5 Å². The van der Waals surface area contributed by atoms with Crippen LogP contribution in [0.15, 0.2) is 84.9 Å². The van der Waals surface area contributed by atoms with Crippen LogP contribution in [0.2, 0.25) is 0 Å². The van der Waals surface area contributed by atoms with E-state index in [0.29, 0.717) is 69.7 Å². The maximum Gasteiger partial charge on any atom is 0.306 e. The van der Waals surface area contributed by atoms with Gasteiger partial charge in [-0.05, 0) is 50.1 Å². The number of nitrogens with zero attached hydrogens (tertiary/aromatic N) is 1. The van der Waals surface area contributed by atoms with Gasteiger partial charge in [0.05, 0.1) is 5.92 Å². The highest BCUT2D eigenvalue weighted by Gasteiger charge is 2.24. The van der Waals surface area contributed by atoms with Crippen molar-refractivity contribution in [1.29, 1.82) is 0 Å². The summed E-state index contributed by atoms with van der Waals surface area (Å²) in [5, 5.41) is 9.60. The molecule has 1 atom stereocenters. The van der Waals surface area contributed by atoms with E-state index in [0.717, 1.165) is 28.0 Å². The van der Waals surface area contributed by atoms with Crippen molar-refractivity contribution >= 4 is 5.97 Å². The molecule has 1 aliphatic rings. The third kappa shape index (κ3) is 8.32. The molecule has 0 aromatic heterocycles. The summed E-state index contributed by atoms with van der Waals surface area (Å²) in [7, 11) is 0. The number of hydrogen-bond acceptors (Lipinski definition) is 6. The lowest BCUT2D eigenvalue weighted by atomic mass is 10.1. The molecule has 0 saturated heterocycles. The van der Waals surface area contributed by atoms with E-state index in [4.69, 9.17) is 18.9 Å². The van der Waals surface area contributed by atoms with Crippen molar-refractivity contribution in [3.63, 3.8) is 0 Å². The first-order chi connectivity index (χ1) is 21.4. The molecule has 5 rings (SSSR count). The molecular formula is C37H41NO6. The van der Waals surface area contributed by atoms with Crippen molar-refractivity contribution < 1.29 is 28.8 Å². The molecular weight excluding hydrogens is 554 g/mol. The number of aliphatic carboxylic acids is 1. The van der Waals surface area contributed by atoms with Crippen molar-refractivity contribution in [2.24, 2.45) is 5.92 Å². The zero-order valence-corrected chi connectivity index (χ0v) is 25.8. The standard InChI is InChI=1S/C37H41NO6/c1-26-8-6-10-29(20-26)24-43-33-13-5-4-12-31(33)22-38(17-16-28(3)37(39)40)23-32-14-15-34-36(42-19-18-41-34)35(32)44-25-30-11-7-9-27(2)21-30/h4-15,20-21,28H,16-19,22-25H2,1-3H3,(H,39,40)/t28-/m0/s1. The molecule has 7 heteroatoms. The fraction of sp³-hybridized carbons (Fsp3) is 0.324. The van der Waals surface area contributed by atoms with Crippen LogP contribution < -0.4 is 18.9 Å². The summed E-state index contributed by atoms with van der Waals surface area (Å²) < 4.78 is 24.7. The molecule has 0 bridgehead atoms. The van der Waals surface area contributed by atoms with E-state index < -0.39 is 11.9 Å². The Bertz CT molecular complexity index is 1570. The fourth-order valence-electron chi connectivity index (χ4n) is 5.31. The number of fused-ring (bicyclic) bond motifs is 1. The van der Waals surface area contributed by atoms with Crippen molar-refractivity contribution in [3.8, 4) is 23.0 Å². The van der Waals surface area contributed by atoms with Crippen molar-refractivity contribution in [1.82, 2.24) is 4.90 Å². The second-order valence-corrected chi connectivity index (χ2v) is 11.5. The molecule has 0 spiro atoms. The summed E-state index contributed by atoms with van der Waals surface area (Å²) in [6.45, 7) is 9.35. The van der Waals surface area contributed by atoms with Gasteiger partial charge in [-0.2, -0.15) is 0 Å². The third-order valence-electron chi connectivity index (χ3n) is 7.75. The summed E-state index contributed by atoms with van der Waals surface area (Å²) in [6.07, 6.45) is 0.506. The molecule has 1 aliphatic heterocycles. The van der Waals surface area contributed by atoms with Gasteiger partial charge in [-0.1, -0.05) is 90.8 Å². The minimum Gasteiger partial charge on any atom is -0.489 e. The molecule has 4 aromatic rings. The van der Waals surface area contributed by atoms with Crippen LogP contribution in [0.5, 0.6) is 23.0 Å². The normalized spacial score (nSPS) is 13.0. The maximum absolute atomic E-state index is 11.7. The first-order valence-corrected chi connectivity index (χ1v) is 15.2. The Morgan fingerprint density at radius 1 is 0.818 bits per heavy atom. The minimum absolute atomic E-state index is 0.389. The van der Waals surface area contributed by atoms with Gasteiger partial charge in [0.2, 0.25) is 5.75 Å². The van der Waals surface area contributed by atoms with Crippen LogP contribution in [0.3, 0.4) is 0 Å². The Balaban J connectivity index is 1.40. The molecule has 7 nitrogen and oxygen atoms in total. The Labute approximate surface area is 260 Å². The summed E-state index contributed by atoms with van der Waals surface area (Å²) in [6, 6.07) is 28.5. The first-order valence-electron chi connectivity index (χ1n) is 15.2. The third-order valence-corrected chi connectivity index (χ3v) is 7.75. The van der Waals surface area contributed by atoms with Gasteiger partial charge < -0.3 is 24.1 Å². The molecule has 230 valence electrons. The Morgan fingerprint density at radius 2 is 1.48 bits per heavy atom. The molecule has 0 saturated carbocycles. The average Bonchev–Trinajstić information content (AvgIpc) is 3.02. The number of carboxylic acids is 1. The number of para-hydroxylation sites is 1. The van der Waals surface area contributed by atoms with Gasteiger partial charge in [0.25, 0.3) is 0 Å². The number of aryl methyl sites for hydroxylation is 2. The Morgan fingerprint density at radius 3 is 2.18 bits per heavy atom. The summed E-state index contributed by atoms with van der Waals surface area (Å²) >= 11 is 0. The van der Waals surface area contributed by atoms with Gasteiger partial charge in [-0.3, -0.25) is 9.69 Å². The highest BCUT2D eigenvalue weighted by molar-refractivity contribution is 5.69. The smallest absolute Gasteiger partial charge is 0.306 e. The molecule has 1 heterocycles. The highest BCUT2D eigenvalue weighted by Crippen LogP contribution is 2.43. The van der Waals surface area contributed by atoms with Crippen molar-refractivity contribution in [2.75, 3.05) is 19.8 Å². The Hall–Kier alpha value is -4.49. The second-order valence-electron chi connectivity index (χ2n) is 11.5. The topological polar surface area (TPSA) is 77.5 Å². The van der Waals surface area contributed by atoms with E-state index in [1.165, 1.54) is 11.1 Å². The number of ether oxygens (including phenoxy) is 4. The van der Waals surface area contributed by atoms with Crippen LogP contribution in [0.25, 0.3) is 0 Å². The zero-order valence-electron chi connectivity index (χ0n) is 25.8. The predicted molar refractivity (Wildman–Crippen MR) is 170 cm³/mol. The Kier molecular flexibility index (Phi) is 10.4. The molecule has 0 radical (unpaired) electrons. The van der Waals surface area contributed by atoms with E-state index in [2.05, 4.69) is 55.1 Å². The number of carbonyl (C=O) groups is 1.